The third kappa shape index (κ3) is 1.90. The number of carbonyl (C=O) groups is 1. The maximum atomic E-state index is 13.0. The number of halogens is 6. The third-order valence-electron chi connectivity index (χ3n) is 3.03. The molecule has 2 rings (SSSR count). The van der Waals surface area contributed by atoms with Crippen LogP contribution in [0.5, 0.6) is 0 Å². The molecule has 0 spiro atoms. The SMILES string of the molecule is O=CC1CN2C=CC=NC2=NC1(C(F)(F)F)C(F)(F)F. The maximum Gasteiger partial charge on any atom is 0.423 e. The summed E-state index contributed by atoms with van der Waals surface area (Å²) in [6.45, 7) is -0.796. The number of hydrogen-bond acceptors (Lipinski definition) is 4. The van der Waals surface area contributed by atoms with Crippen LogP contribution in [-0.2, 0) is 4.79 Å². The van der Waals surface area contributed by atoms with Crippen molar-refractivity contribution in [2.24, 2.45) is 15.9 Å². The van der Waals surface area contributed by atoms with Gasteiger partial charge in [0.05, 0.1) is 5.92 Å². The number of alkyl halides is 6. The minimum absolute atomic E-state index is 0.368. The van der Waals surface area contributed by atoms with Crippen molar-refractivity contribution >= 4 is 18.5 Å². The van der Waals surface area contributed by atoms with E-state index in [0.29, 0.717) is 0 Å². The zero-order chi connectivity index (χ0) is 15.2. The van der Waals surface area contributed by atoms with Gasteiger partial charge >= 0.3 is 12.4 Å². The summed E-state index contributed by atoms with van der Waals surface area (Å²) in [5.74, 6) is -3.12. The average molecular weight is 299 g/mol. The van der Waals surface area contributed by atoms with Crippen LogP contribution in [0.2, 0.25) is 0 Å². The first kappa shape index (κ1) is 14.5. The fourth-order valence-electron chi connectivity index (χ4n) is 2.06. The number of rotatable bonds is 1. The van der Waals surface area contributed by atoms with E-state index in [-0.39, 0.29) is 6.29 Å². The molecule has 20 heavy (non-hydrogen) atoms. The summed E-state index contributed by atoms with van der Waals surface area (Å²) in [4.78, 5) is 17.9. The van der Waals surface area contributed by atoms with Crippen molar-refractivity contribution in [3.63, 3.8) is 0 Å². The van der Waals surface area contributed by atoms with Crippen molar-refractivity contribution in [3.05, 3.63) is 12.3 Å². The van der Waals surface area contributed by atoms with Crippen molar-refractivity contribution in [1.82, 2.24) is 4.90 Å². The number of aldehydes is 1. The van der Waals surface area contributed by atoms with Crippen LogP contribution >= 0.6 is 0 Å². The number of allylic oxidation sites excluding steroid dienone is 1. The molecule has 0 aromatic rings. The van der Waals surface area contributed by atoms with Gasteiger partial charge in [0, 0.05) is 19.0 Å². The van der Waals surface area contributed by atoms with Gasteiger partial charge in [0.15, 0.2) is 0 Å². The molecule has 2 aliphatic heterocycles. The van der Waals surface area contributed by atoms with Gasteiger partial charge in [-0.2, -0.15) is 26.3 Å². The van der Waals surface area contributed by atoms with Crippen LogP contribution in [0.4, 0.5) is 26.3 Å². The molecular weight excluding hydrogens is 292 g/mol. The Morgan fingerprint density at radius 1 is 1.25 bits per heavy atom. The van der Waals surface area contributed by atoms with Gasteiger partial charge in [-0.15, -0.1) is 0 Å². The Morgan fingerprint density at radius 3 is 2.35 bits per heavy atom. The summed E-state index contributed by atoms with van der Waals surface area (Å²) in [5, 5.41) is 0. The Morgan fingerprint density at radius 2 is 1.85 bits per heavy atom. The predicted octanol–water partition coefficient (Wildman–Crippen LogP) is 1.93. The van der Waals surface area contributed by atoms with Gasteiger partial charge in [-0.05, 0) is 6.08 Å². The molecule has 0 saturated heterocycles. The number of aliphatic imine (C=N–C) groups is 2. The van der Waals surface area contributed by atoms with Crippen molar-refractivity contribution < 1.29 is 31.1 Å². The summed E-state index contributed by atoms with van der Waals surface area (Å²) < 4.78 is 78.1. The average Bonchev–Trinajstić information content (AvgIpc) is 2.34. The van der Waals surface area contributed by atoms with E-state index in [1.54, 1.807) is 0 Å². The largest absolute Gasteiger partial charge is 0.423 e. The maximum absolute atomic E-state index is 13.0. The molecule has 4 nitrogen and oxygen atoms in total. The number of hydrogen-bond donors (Lipinski definition) is 0. The highest BCUT2D eigenvalue weighted by atomic mass is 19.4. The van der Waals surface area contributed by atoms with Gasteiger partial charge in [-0.1, -0.05) is 0 Å². The van der Waals surface area contributed by atoms with Crippen LogP contribution in [0.25, 0.3) is 0 Å². The van der Waals surface area contributed by atoms with Crippen LogP contribution in [-0.4, -0.2) is 47.8 Å². The molecule has 0 fully saturated rings. The van der Waals surface area contributed by atoms with Gasteiger partial charge in [0.1, 0.15) is 6.29 Å². The molecule has 0 aromatic carbocycles. The van der Waals surface area contributed by atoms with E-state index in [1.165, 1.54) is 12.3 Å². The normalized spacial score (nSPS) is 25.2. The van der Waals surface area contributed by atoms with Crippen LogP contribution in [0, 0.1) is 5.92 Å². The summed E-state index contributed by atoms with van der Waals surface area (Å²) in [5.41, 5.74) is -4.46. The first-order chi connectivity index (χ1) is 9.13. The topological polar surface area (TPSA) is 45.0 Å². The van der Waals surface area contributed by atoms with Gasteiger partial charge in [-0.25, -0.2) is 9.98 Å². The fraction of sp³-hybridized carbons (Fsp3) is 0.500. The summed E-state index contributed by atoms with van der Waals surface area (Å²) in [6.07, 6.45) is -8.34. The molecule has 0 aliphatic carbocycles. The summed E-state index contributed by atoms with van der Waals surface area (Å²) in [7, 11) is 0. The molecule has 2 aliphatic rings. The summed E-state index contributed by atoms with van der Waals surface area (Å²) >= 11 is 0. The van der Waals surface area contributed by atoms with E-state index in [4.69, 9.17) is 0 Å². The van der Waals surface area contributed by atoms with Gasteiger partial charge < -0.3 is 9.69 Å². The lowest BCUT2D eigenvalue weighted by Crippen LogP contribution is -2.65. The van der Waals surface area contributed by atoms with E-state index in [0.717, 1.165) is 11.1 Å². The smallest absolute Gasteiger partial charge is 0.317 e. The molecule has 110 valence electrons. The van der Waals surface area contributed by atoms with Crippen molar-refractivity contribution in [3.8, 4) is 0 Å². The van der Waals surface area contributed by atoms with Gasteiger partial charge in [0.25, 0.3) is 5.54 Å². The molecule has 0 amide bonds. The lowest BCUT2D eigenvalue weighted by atomic mass is 9.82. The fourth-order valence-corrected chi connectivity index (χ4v) is 2.06. The zero-order valence-electron chi connectivity index (χ0n) is 9.61. The lowest BCUT2D eigenvalue weighted by molar-refractivity contribution is -0.308. The Labute approximate surface area is 108 Å². The van der Waals surface area contributed by atoms with Crippen molar-refractivity contribution in [1.29, 1.82) is 0 Å². The third-order valence-corrected chi connectivity index (χ3v) is 3.03. The van der Waals surface area contributed by atoms with E-state index in [2.05, 4.69) is 9.98 Å². The first-order valence-corrected chi connectivity index (χ1v) is 5.29. The van der Waals surface area contributed by atoms with Crippen LogP contribution in [0.1, 0.15) is 0 Å². The van der Waals surface area contributed by atoms with Crippen molar-refractivity contribution in [2.75, 3.05) is 6.54 Å². The summed E-state index contributed by atoms with van der Waals surface area (Å²) in [6, 6.07) is 0. The highest BCUT2D eigenvalue weighted by Gasteiger charge is 2.76. The molecular formula is C10H7F6N3O. The molecule has 10 heteroatoms. The molecule has 2 heterocycles. The number of carbonyl (C=O) groups excluding carboxylic acids is 1. The Kier molecular flexibility index (Phi) is 3.14. The molecule has 0 aromatic heterocycles. The van der Waals surface area contributed by atoms with E-state index in [9.17, 15) is 31.1 Å². The Hall–Kier alpha value is -1.87. The Balaban J connectivity index is 2.67. The van der Waals surface area contributed by atoms with Gasteiger partial charge in [0.2, 0.25) is 5.96 Å². The van der Waals surface area contributed by atoms with Gasteiger partial charge in [-0.3, -0.25) is 0 Å². The molecule has 0 saturated carbocycles. The predicted molar refractivity (Wildman–Crippen MR) is 56.2 cm³/mol. The number of guanidine groups is 1. The second-order valence-electron chi connectivity index (χ2n) is 4.19. The number of fused-ring (bicyclic) bond motifs is 1. The highest BCUT2D eigenvalue weighted by Crippen LogP contribution is 2.52. The second kappa shape index (κ2) is 4.32. The van der Waals surface area contributed by atoms with Crippen LogP contribution < -0.4 is 0 Å². The van der Waals surface area contributed by atoms with E-state index < -0.39 is 36.3 Å². The second-order valence-corrected chi connectivity index (χ2v) is 4.19. The minimum Gasteiger partial charge on any atom is -0.317 e. The van der Waals surface area contributed by atoms with Crippen molar-refractivity contribution in [2.45, 2.75) is 17.9 Å². The minimum atomic E-state index is -5.76. The molecule has 1 atom stereocenters. The lowest BCUT2D eigenvalue weighted by Gasteiger charge is -2.43. The van der Waals surface area contributed by atoms with Crippen LogP contribution in [0.15, 0.2) is 22.3 Å². The quantitative estimate of drug-likeness (QED) is 0.548. The monoisotopic (exact) mass is 299 g/mol. The standard InChI is InChI=1S/C10H7F6N3O/c11-9(12,13)8(10(14,15)16)6(5-20)4-19-3-1-2-17-7(19)18-8/h1-3,5-6H,4H2. The Bertz CT molecular complexity index is 490. The zero-order valence-corrected chi connectivity index (χ0v) is 9.61. The highest BCUT2D eigenvalue weighted by molar-refractivity contribution is 5.95. The molecule has 0 radical (unpaired) electrons. The number of nitrogens with zero attached hydrogens (tertiary/aromatic N) is 3. The van der Waals surface area contributed by atoms with E-state index in [1.807, 2.05) is 0 Å². The first-order valence-electron chi connectivity index (χ1n) is 5.29. The molecule has 0 bridgehead atoms. The molecule has 0 N–H and O–H groups in total. The molecule has 1 unspecified atom stereocenters. The van der Waals surface area contributed by atoms with E-state index >= 15 is 0 Å². The van der Waals surface area contributed by atoms with Crippen LogP contribution in [0.3, 0.4) is 0 Å².